The fourth-order valence-electron chi connectivity index (χ4n) is 6.62. The summed E-state index contributed by atoms with van der Waals surface area (Å²) < 4.78 is 2.46. The minimum Gasteiger partial charge on any atom is -0.325 e. The van der Waals surface area contributed by atoms with Gasteiger partial charge < -0.3 is 4.57 Å². The lowest BCUT2D eigenvalue weighted by Crippen LogP contribution is -2.49. The number of hydrogen-bond donors (Lipinski definition) is 0. The molecule has 3 aromatic rings. The van der Waals surface area contributed by atoms with Crippen molar-refractivity contribution < 1.29 is 9.59 Å². The maximum atomic E-state index is 12.7. The minimum atomic E-state index is -0.186. The van der Waals surface area contributed by atoms with E-state index in [4.69, 9.17) is 4.98 Å². The summed E-state index contributed by atoms with van der Waals surface area (Å²) in [4.78, 5) is 32.4. The van der Waals surface area contributed by atoms with Gasteiger partial charge in [0.25, 0.3) is 0 Å². The van der Waals surface area contributed by atoms with Crippen LogP contribution >= 0.6 is 0 Å². The van der Waals surface area contributed by atoms with E-state index in [2.05, 4.69) is 52.8 Å². The van der Waals surface area contributed by atoms with E-state index in [1.807, 2.05) is 18.2 Å². The van der Waals surface area contributed by atoms with Gasteiger partial charge in [-0.3, -0.25) is 19.5 Å². The van der Waals surface area contributed by atoms with Crippen LogP contribution < -0.4 is 0 Å². The number of aryl methyl sites for hydroxylation is 1. The summed E-state index contributed by atoms with van der Waals surface area (Å²) in [6.07, 6.45) is 5.46. The molecule has 0 aliphatic carbocycles. The first-order chi connectivity index (χ1) is 17.3. The Bertz CT molecular complexity index is 1220. The number of amides is 2. The first-order valence-electron chi connectivity index (χ1n) is 13.1. The Hall–Kier alpha value is -3.19. The fourth-order valence-corrected chi connectivity index (χ4v) is 6.62. The van der Waals surface area contributed by atoms with Crippen LogP contribution in [-0.2, 0) is 9.59 Å². The molecular formula is C29H37N5O2. The van der Waals surface area contributed by atoms with Gasteiger partial charge in [0.1, 0.15) is 5.82 Å². The molecule has 2 aliphatic heterocycles. The Labute approximate surface area is 213 Å². The number of para-hydroxylation sites is 2. The lowest BCUT2D eigenvalue weighted by atomic mass is 9.95. The highest BCUT2D eigenvalue weighted by Gasteiger charge is 2.42. The molecule has 2 aliphatic rings. The van der Waals surface area contributed by atoms with Crippen LogP contribution in [0, 0.1) is 6.92 Å². The molecule has 5 rings (SSSR count). The van der Waals surface area contributed by atoms with Crippen LogP contribution in [0.3, 0.4) is 0 Å². The molecular weight excluding hydrogens is 450 g/mol. The van der Waals surface area contributed by atoms with Crippen LogP contribution in [0.25, 0.3) is 11.0 Å². The molecule has 2 fully saturated rings. The van der Waals surface area contributed by atoms with Crippen LogP contribution in [0.1, 0.15) is 69.4 Å². The van der Waals surface area contributed by atoms with Crippen molar-refractivity contribution in [2.45, 2.75) is 77.0 Å². The number of benzene rings is 2. The van der Waals surface area contributed by atoms with Gasteiger partial charge in [0, 0.05) is 45.6 Å². The van der Waals surface area contributed by atoms with E-state index < -0.39 is 0 Å². The number of carbonyl (C=O) groups excluding carboxylic acids is 2. The number of nitrogens with zero attached hydrogens (tertiary/aromatic N) is 5. The molecule has 2 saturated heterocycles. The normalized spacial score (nSPS) is 22.5. The molecule has 0 N–H and O–H groups in total. The Morgan fingerprint density at radius 2 is 1.58 bits per heavy atom. The number of aromatic nitrogens is 2. The van der Waals surface area contributed by atoms with Gasteiger partial charge in [0.05, 0.1) is 17.1 Å². The first kappa shape index (κ1) is 24.5. The predicted octanol–water partition coefficient (Wildman–Crippen LogP) is 4.89. The van der Waals surface area contributed by atoms with Crippen molar-refractivity contribution in [3.63, 3.8) is 0 Å². The Balaban J connectivity index is 1.35. The molecule has 7 nitrogen and oxygen atoms in total. The molecule has 190 valence electrons. The van der Waals surface area contributed by atoms with Crippen molar-refractivity contribution in [3.8, 4) is 0 Å². The van der Waals surface area contributed by atoms with Crippen molar-refractivity contribution in [1.82, 2.24) is 24.5 Å². The smallest absolute Gasteiger partial charge is 0.238 e. The summed E-state index contributed by atoms with van der Waals surface area (Å²) >= 11 is 0. The molecule has 36 heavy (non-hydrogen) atoms. The van der Waals surface area contributed by atoms with Crippen LogP contribution in [0.5, 0.6) is 0 Å². The predicted molar refractivity (Wildman–Crippen MR) is 141 cm³/mol. The molecule has 3 heterocycles. The lowest BCUT2D eigenvalue weighted by molar-refractivity contribution is -0.164. The standard InChI is InChI=1S/C29H37N5O2/c1-20-30-27-12-8-9-13-29(27)33(20)26-18-24-14-15-25(19-26)32(24)17-16-28(23-10-6-5-7-11-23)34(22(3)36)31(4)21(2)35/h5-13,24-26,28H,14-19H2,1-4H3/t24?,25?,26?,28-/m0/s1. The zero-order valence-electron chi connectivity index (χ0n) is 21.8. The number of piperidine rings is 1. The molecule has 7 heteroatoms. The zero-order valence-corrected chi connectivity index (χ0v) is 21.8. The summed E-state index contributed by atoms with van der Waals surface area (Å²) in [7, 11) is 1.69. The van der Waals surface area contributed by atoms with Crippen molar-refractivity contribution in [2.24, 2.45) is 0 Å². The van der Waals surface area contributed by atoms with Gasteiger partial charge in [0.2, 0.25) is 11.8 Å². The molecule has 2 bridgehead atoms. The average Bonchev–Trinajstić information content (AvgIpc) is 3.32. The van der Waals surface area contributed by atoms with Crippen LogP contribution in [-0.4, -0.2) is 62.0 Å². The van der Waals surface area contributed by atoms with Gasteiger partial charge in [0.15, 0.2) is 0 Å². The number of carbonyl (C=O) groups is 2. The van der Waals surface area contributed by atoms with Crippen LogP contribution in [0.2, 0.25) is 0 Å². The monoisotopic (exact) mass is 487 g/mol. The summed E-state index contributed by atoms with van der Waals surface area (Å²) in [6.45, 7) is 6.08. The quantitative estimate of drug-likeness (QED) is 0.465. The second-order valence-corrected chi connectivity index (χ2v) is 10.4. The molecule has 3 atom stereocenters. The molecule has 0 saturated carbocycles. The second-order valence-electron chi connectivity index (χ2n) is 10.4. The summed E-state index contributed by atoms with van der Waals surface area (Å²) in [5, 5.41) is 3.10. The third-order valence-corrected chi connectivity index (χ3v) is 8.24. The summed E-state index contributed by atoms with van der Waals surface area (Å²) in [5.41, 5.74) is 3.37. The van der Waals surface area contributed by atoms with Gasteiger partial charge in [-0.15, -0.1) is 0 Å². The van der Waals surface area contributed by atoms with E-state index >= 15 is 0 Å². The second kappa shape index (κ2) is 10.1. The summed E-state index contributed by atoms with van der Waals surface area (Å²) in [5.74, 6) is 0.836. The molecule has 2 unspecified atom stereocenters. The number of hydrogen-bond acceptors (Lipinski definition) is 4. The third-order valence-electron chi connectivity index (χ3n) is 8.24. The van der Waals surface area contributed by atoms with E-state index in [0.717, 1.165) is 42.7 Å². The van der Waals surface area contributed by atoms with E-state index in [1.54, 1.807) is 19.0 Å². The van der Waals surface area contributed by atoms with Gasteiger partial charge >= 0.3 is 0 Å². The van der Waals surface area contributed by atoms with Crippen LogP contribution in [0.4, 0.5) is 0 Å². The van der Waals surface area contributed by atoms with E-state index in [9.17, 15) is 9.59 Å². The van der Waals surface area contributed by atoms with E-state index in [-0.39, 0.29) is 17.9 Å². The van der Waals surface area contributed by atoms with E-state index in [0.29, 0.717) is 18.1 Å². The van der Waals surface area contributed by atoms with Gasteiger partial charge in [-0.1, -0.05) is 42.5 Å². The number of rotatable bonds is 6. The highest BCUT2D eigenvalue weighted by atomic mass is 16.2. The fraction of sp³-hybridized carbons (Fsp3) is 0.483. The Morgan fingerprint density at radius 3 is 2.22 bits per heavy atom. The molecule has 2 aromatic carbocycles. The average molecular weight is 488 g/mol. The van der Waals surface area contributed by atoms with Crippen molar-refractivity contribution in [1.29, 1.82) is 0 Å². The molecule has 1 aromatic heterocycles. The highest BCUT2D eigenvalue weighted by molar-refractivity contribution is 5.79. The lowest BCUT2D eigenvalue weighted by Gasteiger charge is -2.42. The topological polar surface area (TPSA) is 61.7 Å². The van der Waals surface area contributed by atoms with Crippen molar-refractivity contribution in [3.05, 3.63) is 66.0 Å². The molecule has 0 spiro atoms. The maximum absolute atomic E-state index is 12.7. The third kappa shape index (κ3) is 4.52. The number of hydrazine groups is 1. The minimum absolute atomic E-state index is 0.120. The van der Waals surface area contributed by atoms with Gasteiger partial charge in [-0.25, -0.2) is 9.99 Å². The maximum Gasteiger partial charge on any atom is 0.238 e. The van der Waals surface area contributed by atoms with E-state index in [1.165, 1.54) is 30.3 Å². The van der Waals surface area contributed by atoms with Crippen molar-refractivity contribution in [2.75, 3.05) is 13.6 Å². The SMILES string of the molecule is CC(=O)N(C)N(C(C)=O)[C@@H](CCN1C2CCC1CC(n1c(C)nc3ccccc31)C2)c1ccccc1. The van der Waals surface area contributed by atoms with Crippen molar-refractivity contribution >= 4 is 22.8 Å². The molecule has 2 amide bonds. The molecule has 0 radical (unpaired) electrons. The first-order valence-corrected chi connectivity index (χ1v) is 13.1. The number of imidazole rings is 1. The zero-order chi connectivity index (χ0) is 25.4. The van der Waals surface area contributed by atoms with Gasteiger partial charge in [-0.05, 0) is 56.7 Å². The van der Waals surface area contributed by atoms with Gasteiger partial charge in [-0.2, -0.15) is 0 Å². The Morgan fingerprint density at radius 1 is 0.944 bits per heavy atom. The Kier molecular flexibility index (Phi) is 6.84. The van der Waals surface area contributed by atoms with Crippen LogP contribution in [0.15, 0.2) is 54.6 Å². The largest absolute Gasteiger partial charge is 0.325 e. The highest BCUT2D eigenvalue weighted by Crippen LogP contribution is 2.43. The number of fused-ring (bicyclic) bond motifs is 3. The summed E-state index contributed by atoms with van der Waals surface area (Å²) in [6, 6.07) is 19.9.